The molecule has 0 N–H and O–H groups in total. The van der Waals surface area contributed by atoms with E-state index in [4.69, 9.17) is 4.42 Å². The number of hydrogen-bond donors (Lipinski definition) is 0. The Labute approximate surface area is 151 Å². The molecule has 130 valence electrons. The van der Waals surface area contributed by atoms with Crippen LogP contribution < -0.4 is 5.56 Å². The summed E-state index contributed by atoms with van der Waals surface area (Å²) >= 11 is 0. The summed E-state index contributed by atoms with van der Waals surface area (Å²) in [7, 11) is 0. The van der Waals surface area contributed by atoms with Crippen LogP contribution in [0, 0.1) is 20.8 Å². The molecular weight excluding hydrogens is 322 g/mol. The highest BCUT2D eigenvalue weighted by molar-refractivity contribution is 6.05. The van der Waals surface area contributed by atoms with Crippen molar-refractivity contribution >= 4 is 21.9 Å². The van der Waals surface area contributed by atoms with Crippen LogP contribution in [0.2, 0.25) is 0 Å². The first-order valence-corrected chi connectivity index (χ1v) is 9.19. The minimum Gasteiger partial charge on any atom is -0.460 e. The number of fused-ring (bicyclic) bond motifs is 3. The normalized spacial score (nSPS) is 14.4. The summed E-state index contributed by atoms with van der Waals surface area (Å²) in [5.74, 6) is 0.784. The van der Waals surface area contributed by atoms with Gasteiger partial charge in [-0.15, -0.1) is 0 Å². The molecule has 0 aliphatic heterocycles. The van der Waals surface area contributed by atoms with E-state index in [1.807, 2.05) is 17.6 Å². The fourth-order valence-electron chi connectivity index (χ4n) is 4.03. The van der Waals surface area contributed by atoms with Gasteiger partial charge in [-0.1, -0.05) is 35.9 Å². The van der Waals surface area contributed by atoms with Crippen molar-refractivity contribution in [3.8, 4) is 11.1 Å². The highest BCUT2D eigenvalue weighted by Gasteiger charge is 2.29. The number of aryl methyl sites for hydroxylation is 3. The third kappa shape index (κ3) is 2.16. The van der Waals surface area contributed by atoms with Crippen LogP contribution in [-0.2, 0) is 0 Å². The van der Waals surface area contributed by atoms with Crippen molar-refractivity contribution in [2.24, 2.45) is 0 Å². The second-order valence-corrected chi connectivity index (χ2v) is 7.51. The lowest BCUT2D eigenvalue weighted by atomic mass is 9.96. The molecule has 2 heterocycles. The average Bonchev–Trinajstić information content (AvgIpc) is 3.37. The van der Waals surface area contributed by atoms with Gasteiger partial charge in [0.05, 0.1) is 10.9 Å². The second kappa shape index (κ2) is 5.34. The van der Waals surface area contributed by atoms with Gasteiger partial charge in [0, 0.05) is 11.4 Å². The summed E-state index contributed by atoms with van der Waals surface area (Å²) in [6.45, 7) is 6.12. The molecule has 0 saturated heterocycles. The molecule has 1 aliphatic carbocycles. The van der Waals surface area contributed by atoms with Gasteiger partial charge in [0.1, 0.15) is 11.3 Å². The van der Waals surface area contributed by atoms with Crippen LogP contribution in [-0.4, -0.2) is 4.57 Å². The van der Waals surface area contributed by atoms with E-state index in [0.717, 1.165) is 40.7 Å². The molecule has 1 saturated carbocycles. The molecule has 1 fully saturated rings. The molecule has 0 spiro atoms. The first-order valence-electron chi connectivity index (χ1n) is 9.19. The minimum absolute atomic E-state index is 0.0796. The second-order valence-electron chi connectivity index (χ2n) is 7.51. The number of nitrogens with zero attached hydrogens (tertiary/aromatic N) is 1. The molecule has 0 unspecified atom stereocenters. The van der Waals surface area contributed by atoms with E-state index < -0.39 is 0 Å². The van der Waals surface area contributed by atoms with Gasteiger partial charge in [-0.05, 0) is 62.4 Å². The van der Waals surface area contributed by atoms with Crippen molar-refractivity contribution < 1.29 is 4.42 Å². The fourth-order valence-corrected chi connectivity index (χ4v) is 4.03. The Morgan fingerprint density at radius 3 is 2.38 bits per heavy atom. The van der Waals surface area contributed by atoms with Crippen LogP contribution in [0.15, 0.2) is 51.7 Å². The molecule has 5 rings (SSSR count). The summed E-state index contributed by atoms with van der Waals surface area (Å²) in [4.78, 5) is 13.2. The van der Waals surface area contributed by atoms with E-state index in [1.165, 1.54) is 16.7 Å². The number of benzene rings is 2. The Hall–Kier alpha value is -2.81. The van der Waals surface area contributed by atoms with Crippen molar-refractivity contribution in [1.82, 2.24) is 4.57 Å². The maximum Gasteiger partial charge on any atom is 0.262 e. The first kappa shape index (κ1) is 15.4. The SMILES string of the molecule is Cc1ccc(-c2ccc3c4oc(C)cc4c(=O)n(C4CC4)c3c2C)cc1. The third-order valence-electron chi connectivity index (χ3n) is 5.50. The number of aromatic nitrogens is 1. The molecule has 0 amide bonds. The maximum absolute atomic E-state index is 13.2. The van der Waals surface area contributed by atoms with Gasteiger partial charge in [-0.2, -0.15) is 0 Å². The molecule has 3 heteroatoms. The fraction of sp³-hybridized carbons (Fsp3) is 0.261. The zero-order valence-electron chi connectivity index (χ0n) is 15.3. The number of hydrogen-bond acceptors (Lipinski definition) is 2. The van der Waals surface area contributed by atoms with Crippen molar-refractivity contribution in [2.75, 3.05) is 0 Å². The Morgan fingerprint density at radius 2 is 1.69 bits per heavy atom. The number of furan rings is 1. The molecule has 2 aromatic heterocycles. The largest absolute Gasteiger partial charge is 0.460 e. The summed E-state index contributed by atoms with van der Waals surface area (Å²) in [5.41, 5.74) is 6.57. The van der Waals surface area contributed by atoms with Crippen LogP contribution in [0.3, 0.4) is 0 Å². The number of pyridine rings is 1. The van der Waals surface area contributed by atoms with E-state index in [-0.39, 0.29) is 5.56 Å². The lowest BCUT2D eigenvalue weighted by molar-refractivity contribution is 0.580. The van der Waals surface area contributed by atoms with Gasteiger partial charge in [0.2, 0.25) is 0 Å². The predicted molar refractivity (Wildman–Crippen MR) is 106 cm³/mol. The van der Waals surface area contributed by atoms with Crippen LogP contribution >= 0.6 is 0 Å². The van der Waals surface area contributed by atoms with Crippen molar-refractivity contribution in [1.29, 1.82) is 0 Å². The van der Waals surface area contributed by atoms with Crippen LogP contribution in [0.25, 0.3) is 33.0 Å². The van der Waals surface area contributed by atoms with Gasteiger partial charge in [-0.3, -0.25) is 4.79 Å². The molecule has 0 bridgehead atoms. The summed E-state index contributed by atoms with van der Waals surface area (Å²) in [6.07, 6.45) is 2.15. The monoisotopic (exact) mass is 343 g/mol. The molecule has 0 atom stereocenters. The molecule has 0 radical (unpaired) electrons. The van der Waals surface area contributed by atoms with E-state index in [1.54, 1.807) is 0 Å². The van der Waals surface area contributed by atoms with Gasteiger partial charge < -0.3 is 8.98 Å². The van der Waals surface area contributed by atoms with Gasteiger partial charge in [0.25, 0.3) is 5.56 Å². The van der Waals surface area contributed by atoms with E-state index in [0.29, 0.717) is 11.4 Å². The number of rotatable bonds is 2. The molecule has 3 nitrogen and oxygen atoms in total. The Morgan fingerprint density at radius 1 is 0.962 bits per heavy atom. The Bertz CT molecular complexity index is 1220. The smallest absolute Gasteiger partial charge is 0.262 e. The molecule has 26 heavy (non-hydrogen) atoms. The van der Waals surface area contributed by atoms with E-state index >= 15 is 0 Å². The van der Waals surface area contributed by atoms with E-state index in [2.05, 4.69) is 50.2 Å². The van der Waals surface area contributed by atoms with Crippen molar-refractivity contribution in [2.45, 2.75) is 39.7 Å². The summed E-state index contributed by atoms with van der Waals surface area (Å²) in [5, 5.41) is 1.73. The van der Waals surface area contributed by atoms with Crippen molar-refractivity contribution in [3.05, 3.63) is 69.7 Å². The zero-order chi connectivity index (χ0) is 18.0. The van der Waals surface area contributed by atoms with E-state index in [9.17, 15) is 4.79 Å². The lowest BCUT2D eigenvalue weighted by Gasteiger charge is -2.16. The highest BCUT2D eigenvalue weighted by Crippen LogP contribution is 2.40. The summed E-state index contributed by atoms with van der Waals surface area (Å²) in [6, 6.07) is 15.0. The molecule has 4 aromatic rings. The quantitative estimate of drug-likeness (QED) is 0.470. The molecular formula is C23H21NO2. The third-order valence-corrected chi connectivity index (χ3v) is 5.50. The highest BCUT2D eigenvalue weighted by atomic mass is 16.3. The lowest BCUT2D eigenvalue weighted by Crippen LogP contribution is -2.20. The van der Waals surface area contributed by atoms with Crippen LogP contribution in [0.4, 0.5) is 0 Å². The average molecular weight is 343 g/mol. The zero-order valence-corrected chi connectivity index (χ0v) is 15.3. The Balaban J connectivity index is 1.92. The molecule has 2 aromatic carbocycles. The topological polar surface area (TPSA) is 35.1 Å². The van der Waals surface area contributed by atoms with Gasteiger partial charge in [-0.25, -0.2) is 0 Å². The van der Waals surface area contributed by atoms with Crippen molar-refractivity contribution in [3.63, 3.8) is 0 Å². The first-order chi connectivity index (χ1) is 12.5. The maximum atomic E-state index is 13.2. The standard InChI is InChI=1S/C23H21NO2/c1-13-4-6-16(7-5-13)18-10-11-19-21(15(18)3)24(17-8-9-17)23(25)20-12-14(2)26-22(19)20/h4-7,10-12,17H,8-9H2,1-3H3. The van der Waals surface area contributed by atoms with Crippen LogP contribution in [0.5, 0.6) is 0 Å². The minimum atomic E-state index is 0.0796. The molecule has 1 aliphatic rings. The Kier molecular flexibility index (Phi) is 3.17. The van der Waals surface area contributed by atoms with Gasteiger partial charge >= 0.3 is 0 Å². The predicted octanol–water partition coefficient (Wildman–Crippen LogP) is 5.67. The van der Waals surface area contributed by atoms with Gasteiger partial charge in [0.15, 0.2) is 0 Å². The summed E-state index contributed by atoms with van der Waals surface area (Å²) < 4.78 is 7.93. The van der Waals surface area contributed by atoms with Crippen LogP contribution in [0.1, 0.15) is 35.8 Å².